The molecule has 2 aliphatic carbocycles. The first-order valence-electron chi connectivity index (χ1n) is 16.3. The highest BCUT2D eigenvalue weighted by Crippen LogP contribution is 2.63. The van der Waals surface area contributed by atoms with Crippen molar-refractivity contribution in [2.45, 2.75) is 120 Å². The molecule has 0 aromatic rings. The van der Waals surface area contributed by atoms with Gasteiger partial charge in [-0.15, -0.1) is 0 Å². The van der Waals surface area contributed by atoms with Crippen LogP contribution in [0.1, 0.15) is 46.0 Å². The van der Waals surface area contributed by atoms with E-state index in [9.17, 15) is 50.8 Å². The molecule has 0 radical (unpaired) electrons. The summed E-state index contributed by atoms with van der Waals surface area (Å²) in [7, 11) is 0. The van der Waals surface area contributed by atoms with E-state index in [1.165, 1.54) is 0 Å². The van der Waals surface area contributed by atoms with Gasteiger partial charge in [0, 0.05) is 5.41 Å². The van der Waals surface area contributed by atoms with E-state index in [1.54, 1.807) is 6.08 Å². The molecule has 15 nitrogen and oxygen atoms in total. The van der Waals surface area contributed by atoms with Crippen LogP contribution in [0.2, 0.25) is 0 Å². The van der Waals surface area contributed by atoms with Crippen LogP contribution in [0.15, 0.2) is 23.8 Å². The van der Waals surface area contributed by atoms with E-state index in [2.05, 4.69) is 13.5 Å². The Balaban J connectivity index is 1.45. The van der Waals surface area contributed by atoms with E-state index in [4.69, 9.17) is 23.7 Å². The predicted molar refractivity (Wildman–Crippen MR) is 159 cm³/mol. The van der Waals surface area contributed by atoms with Gasteiger partial charge in [-0.3, -0.25) is 0 Å². The lowest BCUT2D eigenvalue weighted by atomic mass is 9.46. The van der Waals surface area contributed by atoms with Crippen molar-refractivity contribution in [1.82, 2.24) is 0 Å². The number of carbonyl (C=O) groups is 1. The summed E-state index contributed by atoms with van der Waals surface area (Å²) in [6.45, 7) is 6.90. The maximum absolute atomic E-state index is 12.2. The number of aliphatic hydroxyl groups is 9. The Kier molecular flexibility index (Phi) is 11.2. The number of ether oxygens (including phenoxy) is 5. The van der Waals surface area contributed by atoms with E-state index in [0.29, 0.717) is 32.1 Å². The monoisotopic (exact) mass is 674 g/mol. The summed E-state index contributed by atoms with van der Waals surface area (Å²) in [4.78, 5) is 12.2. The van der Waals surface area contributed by atoms with Gasteiger partial charge in [-0.1, -0.05) is 32.1 Å². The van der Waals surface area contributed by atoms with Gasteiger partial charge in [-0.05, 0) is 49.4 Å². The fourth-order valence-corrected chi connectivity index (χ4v) is 8.56. The largest absolute Gasteiger partial charge is 0.459 e. The highest BCUT2D eigenvalue weighted by Gasteiger charge is 2.60. The third kappa shape index (κ3) is 6.68. The molecule has 0 unspecified atom stereocenters. The third-order valence-electron chi connectivity index (χ3n) is 11.4. The van der Waals surface area contributed by atoms with Crippen molar-refractivity contribution in [1.29, 1.82) is 0 Å². The fraction of sp³-hybridized carbons (Fsp3) is 0.844. The second kappa shape index (κ2) is 14.3. The normalized spacial score (nSPS) is 50.0. The standard InChI is InChI=1S/C32H50O15/c1-14-4-7-20-31(2,16(14)6-5-15-17(35)12-43-28(15)42)9-8-21(47-30-27(41)25(39)23(37)19(11-34)46-30)32(20,3)13-44-29-26(40)24(38)22(36)18(10-33)45-29/h5,16-27,29-30,33-41H,1,4,6-13H2,2-3H3/b15-5+/t16-,17-,18-,19-,20+,21-,22-,23-,24+,25+,26-,27-,29-,30+,31+,32+/m1/s1. The first kappa shape index (κ1) is 36.7. The molecule has 0 aromatic carbocycles. The molecule has 0 amide bonds. The molecule has 3 aliphatic heterocycles. The Bertz CT molecular complexity index is 1160. The maximum Gasteiger partial charge on any atom is 0.336 e. The Morgan fingerprint density at radius 2 is 1.47 bits per heavy atom. The predicted octanol–water partition coefficient (Wildman–Crippen LogP) is -2.39. The topological polar surface area (TPSA) is 245 Å². The second-order valence-corrected chi connectivity index (χ2v) is 14.2. The van der Waals surface area contributed by atoms with Crippen LogP contribution in [0.3, 0.4) is 0 Å². The van der Waals surface area contributed by atoms with Crippen LogP contribution < -0.4 is 0 Å². The van der Waals surface area contributed by atoms with Gasteiger partial charge in [0.2, 0.25) is 0 Å². The van der Waals surface area contributed by atoms with E-state index < -0.39 is 104 Å². The Labute approximate surface area is 273 Å². The van der Waals surface area contributed by atoms with Crippen molar-refractivity contribution in [3.8, 4) is 0 Å². The third-order valence-corrected chi connectivity index (χ3v) is 11.4. The van der Waals surface area contributed by atoms with Crippen LogP contribution in [0.5, 0.6) is 0 Å². The van der Waals surface area contributed by atoms with E-state index in [1.807, 2.05) is 6.92 Å². The van der Waals surface area contributed by atoms with Gasteiger partial charge in [0.1, 0.15) is 61.5 Å². The van der Waals surface area contributed by atoms with Crippen LogP contribution in [-0.2, 0) is 28.5 Å². The van der Waals surface area contributed by atoms with Crippen molar-refractivity contribution in [2.75, 3.05) is 26.4 Å². The Morgan fingerprint density at radius 3 is 2.04 bits per heavy atom. The first-order valence-corrected chi connectivity index (χ1v) is 16.3. The molecule has 5 fully saturated rings. The maximum atomic E-state index is 12.2. The number of fused-ring (bicyclic) bond motifs is 1. The number of rotatable bonds is 9. The summed E-state index contributed by atoms with van der Waals surface area (Å²) in [5.74, 6) is -0.873. The minimum absolute atomic E-state index is 0.0967. The van der Waals surface area contributed by atoms with Gasteiger partial charge in [-0.25, -0.2) is 4.79 Å². The number of allylic oxidation sites excluding steroid dienone is 2. The summed E-state index contributed by atoms with van der Waals surface area (Å²) in [5.41, 5.74) is -0.200. The number of carbonyl (C=O) groups excluding carboxylic acids is 1. The van der Waals surface area contributed by atoms with Crippen molar-refractivity contribution in [3.05, 3.63) is 23.8 Å². The number of hydrogen-bond donors (Lipinski definition) is 9. The first-order chi connectivity index (χ1) is 22.2. The molecule has 5 rings (SSSR count). The van der Waals surface area contributed by atoms with Gasteiger partial charge >= 0.3 is 5.97 Å². The van der Waals surface area contributed by atoms with E-state index in [0.717, 1.165) is 5.57 Å². The molecular formula is C32H50O15. The van der Waals surface area contributed by atoms with Gasteiger partial charge in [-0.2, -0.15) is 0 Å². The van der Waals surface area contributed by atoms with Crippen LogP contribution >= 0.6 is 0 Å². The zero-order chi connectivity index (χ0) is 34.4. The van der Waals surface area contributed by atoms with Crippen molar-refractivity contribution >= 4 is 5.97 Å². The summed E-state index contributed by atoms with van der Waals surface area (Å²) in [6, 6.07) is 0. The van der Waals surface area contributed by atoms with Crippen molar-refractivity contribution in [3.63, 3.8) is 0 Å². The molecule has 268 valence electrons. The average molecular weight is 675 g/mol. The lowest BCUT2D eigenvalue weighted by molar-refractivity contribution is -0.340. The van der Waals surface area contributed by atoms with Crippen molar-refractivity contribution in [2.24, 2.45) is 22.7 Å². The Morgan fingerprint density at radius 1 is 0.872 bits per heavy atom. The molecule has 5 aliphatic rings. The molecule has 16 atom stereocenters. The molecule has 47 heavy (non-hydrogen) atoms. The molecule has 9 N–H and O–H groups in total. The summed E-state index contributed by atoms with van der Waals surface area (Å²) in [6.07, 6.45) is -12.3. The SMILES string of the molecule is C=C1CC[C@@H]2[C@](C)(CO[C@@H]3O[C@H](CO)[C@@H](O)[C@H](O)[C@H]3O)[C@H](O[C@@H]3O[C@H](CO)[C@@H](O)[C@H](O)[C@H]3O)CC[C@@]2(C)[C@@H]1C/C=C1/C(=O)OC[C@H]1O. The smallest absolute Gasteiger partial charge is 0.336 e. The van der Waals surface area contributed by atoms with Gasteiger partial charge in [0.15, 0.2) is 12.6 Å². The minimum atomic E-state index is -1.65. The van der Waals surface area contributed by atoms with Crippen LogP contribution in [0.25, 0.3) is 0 Å². The highest BCUT2D eigenvalue weighted by atomic mass is 16.7. The van der Waals surface area contributed by atoms with Crippen molar-refractivity contribution < 1.29 is 74.4 Å². The van der Waals surface area contributed by atoms with E-state index in [-0.39, 0.29) is 30.6 Å². The van der Waals surface area contributed by atoms with Crippen LogP contribution in [0.4, 0.5) is 0 Å². The molecule has 15 heteroatoms. The van der Waals surface area contributed by atoms with Gasteiger partial charge in [0.05, 0.1) is 31.5 Å². The molecule has 0 spiro atoms. The zero-order valence-corrected chi connectivity index (χ0v) is 26.7. The minimum Gasteiger partial charge on any atom is -0.459 e. The lowest BCUT2D eigenvalue weighted by Gasteiger charge is -2.61. The molecular weight excluding hydrogens is 624 g/mol. The molecule has 0 bridgehead atoms. The van der Waals surface area contributed by atoms with E-state index >= 15 is 0 Å². The quantitative estimate of drug-likeness (QED) is 0.0536. The van der Waals surface area contributed by atoms with Crippen LogP contribution in [-0.4, -0.2) is 152 Å². The summed E-state index contributed by atoms with van der Waals surface area (Å²) in [5, 5.41) is 92.5. The number of esters is 1. The van der Waals surface area contributed by atoms with Gasteiger partial charge in [0.25, 0.3) is 0 Å². The molecule has 2 saturated carbocycles. The average Bonchev–Trinajstić information content (AvgIpc) is 3.36. The fourth-order valence-electron chi connectivity index (χ4n) is 8.56. The summed E-state index contributed by atoms with van der Waals surface area (Å²) < 4.78 is 28.8. The second-order valence-electron chi connectivity index (χ2n) is 14.2. The zero-order valence-electron chi connectivity index (χ0n) is 26.7. The number of aliphatic hydroxyl groups excluding tert-OH is 9. The number of hydrogen-bond acceptors (Lipinski definition) is 15. The van der Waals surface area contributed by atoms with Crippen LogP contribution in [0, 0.1) is 22.7 Å². The molecule has 3 heterocycles. The Hall–Kier alpha value is -1.57. The summed E-state index contributed by atoms with van der Waals surface area (Å²) >= 11 is 0. The van der Waals surface area contributed by atoms with Gasteiger partial charge < -0.3 is 69.6 Å². The lowest BCUT2D eigenvalue weighted by Crippen LogP contribution is -2.64. The number of cyclic esters (lactones) is 1. The highest BCUT2D eigenvalue weighted by molar-refractivity contribution is 5.91. The molecule has 0 aromatic heterocycles. The molecule has 3 saturated heterocycles.